The number of carbonyl (C=O) groups excluding carboxylic acids is 1. The Morgan fingerprint density at radius 3 is 2.60 bits per heavy atom. The summed E-state index contributed by atoms with van der Waals surface area (Å²) in [6.45, 7) is 3.58. The van der Waals surface area contributed by atoms with Gasteiger partial charge in [0.2, 0.25) is 5.91 Å². The highest BCUT2D eigenvalue weighted by atomic mass is 16.5. The van der Waals surface area contributed by atoms with Crippen molar-refractivity contribution in [3.05, 3.63) is 29.8 Å². The number of ether oxygens (including phenoxy) is 2. The van der Waals surface area contributed by atoms with E-state index in [0.29, 0.717) is 32.4 Å². The van der Waals surface area contributed by atoms with Crippen molar-refractivity contribution in [2.75, 3.05) is 33.4 Å². The Bertz CT molecular complexity index is 586. The number of carboxylic acid groups (broad SMARTS) is 1. The highest BCUT2D eigenvalue weighted by molar-refractivity contribution is 5.81. The molecule has 1 unspecified atom stereocenters. The Balaban J connectivity index is 1.85. The monoisotopic (exact) mass is 349 g/mol. The summed E-state index contributed by atoms with van der Waals surface area (Å²) in [6, 6.07) is 7.77. The Kier molecular flexibility index (Phi) is 6.82. The molecular weight excluding hydrogens is 322 g/mol. The fourth-order valence-corrected chi connectivity index (χ4v) is 3.10. The zero-order valence-electron chi connectivity index (χ0n) is 15.0. The predicted molar refractivity (Wildman–Crippen MR) is 93.7 cm³/mol. The number of benzene rings is 1. The first kappa shape index (κ1) is 19.2. The van der Waals surface area contributed by atoms with Crippen LogP contribution in [0.4, 0.5) is 0 Å². The fraction of sp³-hybridized carbons (Fsp3) is 0.579. The van der Waals surface area contributed by atoms with Crippen LogP contribution in [0.3, 0.4) is 0 Å². The number of rotatable bonds is 9. The molecule has 0 aliphatic carbocycles. The maximum Gasteiger partial charge on any atom is 0.313 e. The lowest BCUT2D eigenvalue weighted by Gasteiger charge is -2.23. The van der Waals surface area contributed by atoms with Gasteiger partial charge >= 0.3 is 5.97 Å². The predicted octanol–water partition coefficient (Wildman–Crippen LogP) is 2.36. The molecule has 1 aliphatic rings. The summed E-state index contributed by atoms with van der Waals surface area (Å²) in [4.78, 5) is 25.6. The molecule has 2 rings (SSSR count). The molecule has 1 aliphatic heterocycles. The highest BCUT2D eigenvalue weighted by Gasteiger charge is 2.46. The summed E-state index contributed by atoms with van der Waals surface area (Å²) >= 11 is 0. The van der Waals surface area contributed by atoms with Gasteiger partial charge in [0.1, 0.15) is 11.2 Å². The highest BCUT2D eigenvalue weighted by Crippen LogP contribution is 2.31. The number of hydrogen-bond acceptors (Lipinski definition) is 4. The molecule has 1 atom stereocenters. The van der Waals surface area contributed by atoms with Gasteiger partial charge in [-0.05, 0) is 37.0 Å². The maximum atomic E-state index is 12.4. The van der Waals surface area contributed by atoms with E-state index < -0.39 is 11.4 Å². The number of hydrogen-bond donors (Lipinski definition) is 1. The number of aliphatic carboxylic acids is 1. The van der Waals surface area contributed by atoms with Crippen LogP contribution in [-0.4, -0.2) is 55.3 Å². The summed E-state index contributed by atoms with van der Waals surface area (Å²) in [6.07, 6.45) is 2.41. The third-order valence-corrected chi connectivity index (χ3v) is 4.60. The molecule has 1 amide bonds. The van der Waals surface area contributed by atoms with Gasteiger partial charge in [-0.3, -0.25) is 9.59 Å². The molecule has 0 spiro atoms. The molecule has 1 aromatic carbocycles. The first-order valence-corrected chi connectivity index (χ1v) is 8.72. The van der Waals surface area contributed by atoms with Crippen molar-refractivity contribution in [1.82, 2.24) is 4.90 Å². The van der Waals surface area contributed by atoms with Gasteiger partial charge in [0.25, 0.3) is 0 Å². The number of amides is 1. The van der Waals surface area contributed by atoms with Crippen LogP contribution in [0.2, 0.25) is 0 Å². The van der Waals surface area contributed by atoms with Gasteiger partial charge in [-0.1, -0.05) is 19.1 Å². The number of nitrogens with zero attached hydrogens (tertiary/aromatic N) is 1. The second-order valence-electron chi connectivity index (χ2n) is 6.58. The largest absolute Gasteiger partial charge is 0.494 e. The zero-order chi connectivity index (χ0) is 18.3. The lowest BCUT2D eigenvalue weighted by Crippen LogP contribution is -2.40. The van der Waals surface area contributed by atoms with E-state index in [0.717, 1.165) is 17.7 Å². The third-order valence-electron chi connectivity index (χ3n) is 4.60. The molecule has 6 heteroatoms. The van der Waals surface area contributed by atoms with Crippen LogP contribution in [0.1, 0.15) is 31.7 Å². The summed E-state index contributed by atoms with van der Waals surface area (Å²) in [7, 11) is 1.49. The number of carbonyl (C=O) groups is 2. The smallest absolute Gasteiger partial charge is 0.313 e. The van der Waals surface area contributed by atoms with Gasteiger partial charge in [-0.15, -0.1) is 0 Å². The second-order valence-corrected chi connectivity index (χ2v) is 6.58. The average molecular weight is 349 g/mol. The van der Waals surface area contributed by atoms with Crippen molar-refractivity contribution in [1.29, 1.82) is 0 Å². The minimum atomic E-state index is -0.970. The zero-order valence-corrected chi connectivity index (χ0v) is 15.0. The minimum Gasteiger partial charge on any atom is -0.494 e. The lowest BCUT2D eigenvalue weighted by atomic mass is 9.88. The van der Waals surface area contributed by atoms with E-state index in [2.05, 4.69) is 6.92 Å². The normalized spacial score (nSPS) is 19.8. The van der Waals surface area contributed by atoms with Crippen LogP contribution in [0.15, 0.2) is 24.3 Å². The lowest BCUT2D eigenvalue weighted by molar-refractivity contribution is -0.151. The SMILES string of the molecule is CCCOc1ccc(CCC(=O)N2CCC(COC)(C(=O)O)C2)cc1. The number of aryl methyl sites for hydroxylation is 1. The van der Waals surface area contributed by atoms with Crippen molar-refractivity contribution in [3.8, 4) is 5.75 Å². The Morgan fingerprint density at radius 2 is 2.00 bits per heavy atom. The van der Waals surface area contributed by atoms with E-state index >= 15 is 0 Å². The summed E-state index contributed by atoms with van der Waals surface area (Å²) < 4.78 is 10.6. The van der Waals surface area contributed by atoms with Crippen LogP contribution in [0, 0.1) is 5.41 Å². The van der Waals surface area contributed by atoms with E-state index in [9.17, 15) is 14.7 Å². The molecule has 0 radical (unpaired) electrons. The van der Waals surface area contributed by atoms with Gasteiger partial charge < -0.3 is 19.5 Å². The standard InChI is InChI=1S/C19H27NO5/c1-3-12-25-16-7-4-15(5-8-16)6-9-17(21)20-11-10-19(13-20,14-24-2)18(22)23/h4-5,7-8H,3,6,9-14H2,1-2H3,(H,22,23). The van der Waals surface area contributed by atoms with E-state index in [1.807, 2.05) is 24.3 Å². The van der Waals surface area contributed by atoms with Crippen molar-refractivity contribution in [2.45, 2.75) is 32.6 Å². The minimum absolute atomic E-state index is 0.00876. The molecule has 138 valence electrons. The average Bonchev–Trinajstić information content (AvgIpc) is 3.05. The second kappa shape index (κ2) is 8.85. The molecule has 6 nitrogen and oxygen atoms in total. The quantitative estimate of drug-likeness (QED) is 0.741. The molecular formula is C19H27NO5. The molecule has 1 fully saturated rings. The fourth-order valence-electron chi connectivity index (χ4n) is 3.10. The van der Waals surface area contributed by atoms with Crippen molar-refractivity contribution in [3.63, 3.8) is 0 Å². The maximum absolute atomic E-state index is 12.4. The molecule has 0 aromatic heterocycles. The van der Waals surface area contributed by atoms with Crippen molar-refractivity contribution >= 4 is 11.9 Å². The van der Waals surface area contributed by atoms with Crippen LogP contribution in [-0.2, 0) is 20.7 Å². The Morgan fingerprint density at radius 1 is 1.28 bits per heavy atom. The molecule has 1 heterocycles. The van der Waals surface area contributed by atoms with Crippen LogP contribution in [0.5, 0.6) is 5.75 Å². The molecule has 1 aromatic rings. The van der Waals surface area contributed by atoms with Gasteiger partial charge in [0.15, 0.2) is 0 Å². The topological polar surface area (TPSA) is 76.1 Å². The van der Waals surface area contributed by atoms with Crippen molar-refractivity contribution < 1.29 is 24.2 Å². The van der Waals surface area contributed by atoms with Gasteiger partial charge in [0, 0.05) is 26.6 Å². The molecule has 0 bridgehead atoms. The van der Waals surface area contributed by atoms with Gasteiger partial charge in [-0.2, -0.15) is 0 Å². The third kappa shape index (κ3) is 4.95. The summed E-state index contributed by atoms with van der Waals surface area (Å²) in [5, 5.41) is 9.46. The number of carboxylic acids is 1. The number of methoxy groups -OCH3 is 1. The summed E-state index contributed by atoms with van der Waals surface area (Å²) in [5.41, 5.74) is 0.0978. The molecule has 25 heavy (non-hydrogen) atoms. The van der Waals surface area contributed by atoms with E-state index in [1.54, 1.807) is 4.90 Å². The Hall–Kier alpha value is -2.08. The summed E-state index contributed by atoms with van der Waals surface area (Å²) in [5.74, 6) is -0.0693. The molecule has 0 saturated carbocycles. The van der Waals surface area contributed by atoms with E-state index in [1.165, 1.54) is 7.11 Å². The van der Waals surface area contributed by atoms with Gasteiger partial charge in [0.05, 0.1) is 13.2 Å². The van der Waals surface area contributed by atoms with Crippen LogP contribution < -0.4 is 4.74 Å². The molecule has 1 saturated heterocycles. The van der Waals surface area contributed by atoms with Crippen molar-refractivity contribution in [2.24, 2.45) is 5.41 Å². The molecule has 1 N–H and O–H groups in total. The van der Waals surface area contributed by atoms with E-state index in [4.69, 9.17) is 9.47 Å². The Labute approximate surface area is 148 Å². The van der Waals surface area contributed by atoms with Gasteiger partial charge in [-0.25, -0.2) is 0 Å². The van der Waals surface area contributed by atoms with E-state index in [-0.39, 0.29) is 19.1 Å². The number of likely N-dealkylation sites (tertiary alicyclic amines) is 1. The first-order valence-electron chi connectivity index (χ1n) is 8.72. The van der Waals surface area contributed by atoms with Crippen LogP contribution in [0.25, 0.3) is 0 Å². The van der Waals surface area contributed by atoms with Crippen LogP contribution >= 0.6 is 0 Å². The first-order chi connectivity index (χ1) is 12.0.